The fraction of sp³-hybridized carbons (Fsp3) is 0.250. The molecule has 0 amide bonds. The molecule has 0 aliphatic rings. The Morgan fingerprint density at radius 2 is 1.79 bits per heavy atom. The zero-order valence-corrected chi connectivity index (χ0v) is 13.0. The lowest BCUT2D eigenvalue weighted by Crippen LogP contribution is -2.05. The molecule has 2 nitrogen and oxygen atoms in total. The Balaban J connectivity index is 2.15. The van der Waals surface area contributed by atoms with Gasteiger partial charge in [-0.2, -0.15) is 0 Å². The van der Waals surface area contributed by atoms with E-state index in [4.69, 9.17) is 4.74 Å². The molecule has 2 aromatic rings. The lowest BCUT2D eigenvalue weighted by atomic mass is 10.0. The topological polar surface area (TPSA) is 29.5 Å². The van der Waals surface area contributed by atoms with Crippen molar-refractivity contribution in [2.45, 2.75) is 19.4 Å². The van der Waals surface area contributed by atoms with Gasteiger partial charge in [0.05, 0.1) is 12.7 Å². The summed E-state index contributed by atoms with van der Waals surface area (Å²) >= 11 is 2.28. The van der Waals surface area contributed by atoms with Crippen LogP contribution in [0.5, 0.6) is 5.75 Å². The van der Waals surface area contributed by atoms with Gasteiger partial charge in [0.2, 0.25) is 0 Å². The first-order valence-electron chi connectivity index (χ1n) is 6.35. The third-order valence-corrected chi connectivity index (χ3v) is 3.64. The lowest BCUT2D eigenvalue weighted by molar-refractivity contribution is 0.172. The molecule has 0 aromatic heterocycles. The van der Waals surface area contributed by atoms with E-state index in [1.807, 2.05) is 43.3 Å². The highest BCUT2D eigenvalue weighted by Crippen LogP contribution is 2.27. The van der Waals surface area contributed by atoms with Crippen LogP contribution >= 0.6 is 22.6 Å². The maximum absolute atomic E-state index is 10.4. The summed E-state index contributed by atoms with van der Waals surface area (Å²) in [6.07, 6.45) is 0.0592. The fourth-order valence-corrected chi connectivity index (χ4v) is 2.36. The Hall–Kier alpha value is -1.07. The van der Waals surface area contributed by atoms with Crippen LogP contribution < -0.4 is 4.74 Å². The zero-order chi connectivity index (χ0) is 13.7. The van der Waals surface area contributed by atoms with E-state index in [9.17, 15) is 5.11 Å². The summed E-state index contributed by atoms with van der Waals surface area (Å²) in [5.74, 6) is 0.767. The molecule has 0 saturated heterocycles. The highest BCUT2D eigenvalue weighted by atomic mass is 127. The summed E-state index contributed by atoms with van der Waals surface area (Å²) in [4.78, 5) is 0. The molecule has 19 heavy (non-hydrogen) atoms. The summed E-state index contributed by atoms with van der Waals surface area (Å²) in [6.45, 7) is 2.55. The van der Waals surface area contributed by atoms with Crippen molar-refractivity contribution in [2.24, 2.45) is 0 Å². The highest BCUT2D eigenvalue weighted by Gasteiger charge is 2.13. The van der Waals surface area contributed by atoms with Crippen LogP contribution in [0.4, 0.5) is 0 Å². The lowest BCUT2D eigenvalue weighted by Gasteiger charge is -2.15. The summed E-state index contributed by atoms with van der Waals surface area (Å²) in [7, 11) is 0. The number of halogens is 1. The molecular formula is C16H17IO2. The molecule has 0 bridgehead atoms. The average Bonchev–Trinajstić information content (AvgIpc) is 2.42. The predicted octanol–water partition coefficient (Wildman–Crippen LogP) is 3.97. The van der Waals surface area contributed by atoms with E-state index in [0.717, 1.165) is 16.9 Å². The van der Waals surface area contributed by atoms with E-state index in [-0.39, 0.29) is 0 Å². The maximum Gasteiger partial charge on any atom is 0.125 e. The Morgan fingerprint density at radius 3 is 2.47 bits per heavy atom. The molecule has 3 heteroatoms. The van der Waals surface area contributed by atoms with Crippen LogP contribution in [0.2, 0.25) is 0 Å². The molecule has 1 unspecified atom stereocenters. The minimum atomic E-state index is -0.539. The Kier molecular flexibility index (Phi) is 5.22. The van der Waals surface area contributed by atoms with Crippen molar-refractivity contribution in [3.8, 4) is 5.75 Å². The maximum atomic E-state index is 10.4. The van der Waals surface area contributed by atoms with Crippen LogP contribution in [0.3, 0.4) is 0 Å². The van der Waals surface area contributed by atoms with E-state index in [2.05, 4.69) is 34.7 Å². The summed E-state index contributed by atoms with van der Waals surface area (Å²) in [5, 5.41) is 10.4. The molecule has 0 radical (unpaired) electrons. The van der Waals surface area contributed by atoms with Crippen LogP contribution in [0.15, 0.2) is 48.5 Å². The van der Waals surface area contributed by atoms with E-state index < -0.39 is 6.10 Å². The highest BCUT2D eigenvalue weighted by molar-refractivity contribution is 14.1. The number of aliphatic hydroxyl groups excluding tert-OH is 1. The molecule has 1 N–H and O–H groups in total. The van der Waals surface area contributed by atoms with Crippen molar-refractivity contribution >= 4 is 22.6 Å². The van der Waals surface area contributed by atoms with Crippen molar-refractivity contribution in [2.75, 3.05) is 6.61 Å². The van der Waals surface area contributed by atoms with Gasteiger partial charge in [-0.3, -0.25) is 0 Å². The van der Waals surface area contributed by atoms with Gasteiger partial charge in [0.1, 0.15) is 5.75 Å². The predicted molar refractivity (Wildman–Crippen MR) is 85.4 cm³/mol. The van der Waals surface area contributed by atoms with Crippen LogP contribution in [-0.4, -0.2) is 11.7 Å². The molecule has 1 atom stereocenters. The van der Waals surface area contributed by atoms with E-state index in [0.29, 0.717) is 13.0 Å². The second kappa shape index (κ2) is 6.91. The number of hydrogen-bond acceptors (Lipinski definition) is 2. The van der Waals surface area contributed by atoms with Crippen molar-refractivity contribution in [3.63, 3.8) is 0 Å². The number of para-hydroxylation sites is 1. The molecule has 0 fully saturated rings. The van der Waals surface area contributed by atoms with E-state index in [1.54, 1.807) is 0 Å². The van der Waals surface area contributed by atoms with Gasteiger partial charge in [-0.1, -0.05) is 30.3 Å². The summed E-state index contributed by atoms with van der Waals surface area (Å²) < 4.78 is 6.75. The van der Waals surface area contributed by atoms with Gasteiger partial charge in [0, 0.05) is 15.6 Å². The Morgan fingerprint density at radius 1 is 1.11 bits per heavy atom. The van der Waals surface area contributed by atoms with Crippen molar-refractivity contribution < 1.29 is 9.84 Å². The number of aliphatic hydroxyl groups is 1. The first kappa shape index (κ1) is 14.3. The number of rotatable bonds is 5. The normalized spacial score (nSPS) is 12.2. The van der Waals surface area contributed by atoms with Gasteiger partial charge in [-0.15, -0.1) is 0 Å². The van der Waals surface area contributed by atoms with Gasteiger partial charge in [-0.05, 0) is 53.3 Å². The quantitative estimate of drug-likeness (QED) is 0.810. The molecule has 2 rings (SSSR count). The van der Waals surface area contributed by atoms with Crippen LogP contribution in [0.25, 0.3) is 0 Å². The fourth-order valence-electron chi connectivity index (χ4n) is 2.00. The molecule has 0 spiro atoms. The third kappa shape index (κ3) is 3.94. The van der Waals surface area contributed by atoms with Crippen molar-refractivity contribution in [1.82, 2.24) is 0 Å². The molecule has 0 aliphatic carbocycles. The molecule has 0 aliphatic heterocycles. The van der Waals surface area contributed by atoms with Gasteiger partial charge < -0.3 is 9.84 Å². The van der Waals surface area contributed by atoms with E-state index in [1.165, 1.54) is 3.57 Å². The van der Waals surface area contributed by atoms with Gasteiger partial charge >= 0.3 is 0 Å². The average molecular weight is 368 g/mol. The monoisotopic (exact) mass is 368 g/mol. The summed E-state index contributed by atoms with van der Waals surface area (Å²) in [5.41, 5.74) is 1.97. The number of hydrogen-bond donors (Lipinski definition) is 1. The zero-order valence-electron chi connectivity index (χ0n) is 10.8. The first-order valence-corrected chi connectivity index (χ1v) is 7.43. The van der Waals surface area contributed by atoms with Gasteiger partial charge in [0.25, 0.3) is 0 Å². The Bertz CT molecular complexity index is 523. The molecule has 0 heterocycles. The minimum absolute atomic E-state index is 0.539. The molecule has 2 aromatic carbocycles. The van der Waals surface area contributed by atoms with Crippen LogP contribution in [0, 0.1) is 3.57 Å². The molecule has 100 valence electrons. The Labute approximate surface area is 127 Å². The second-order valence-corrected chi connectivity index (χ2v) is 5.56. The number of benzene rings is 2. The van der Waals surface area contributed by atoms with Crippen LogP contribution in [-0.2, 0) is 6.42 Å². The SMILES string of the molecule is CCOc1ccccc1C(O)Cc1ccc(I)cc1. The van der Waals surface area contributed by atoms with Crippen LogP contribution in [0.1, 0.15) is 24.2 Å². The minimum Gasteiger partial charge on any atom is -0.493 e. The summed E-state index contributed by atoms with van der Waals surface area (Å²) in [6, 6.07) is 15.9. The smallest absolute Gasteiger partial charge is 0.125 e. The van der Waals surface area contributed by atoms with Gasteiger partial charge in [0.15, 0.2) is 0 Å². The molecular weight excluding hydrogens is 351 g/mol. The van der Waals surface area contributed by atoms with Crippen molar-refractivity contribution in [3.05, 3.63) is 63.2 Å². The number of ether oxygens (including phenoxy) is 1. The standard InChI is InChI=1S/C16H17IO2/c1-2-19-16-6-4-3-5-14(16)15(18)11-12-7-9-13(17)10-8-12/h3-10,15,18H,2,11H2,1H3. The van der Waals surface area contributed by atoms with E-state index >= 15 is 0 Å². The largest absolute Gasteiger partial charge is 0.493 e. The second-order valence-electron chi connectivity index (χ2n) is 4.32. The third-order valence-electron chi connectivity index (χ3n) is 2.92. The first-order chi connectivity index (χ1) is 9.20. The van der Waals surface area contributed by atoms with Gasteiger partial charge in [-0.25, -0.2) is 0 Å². The molecule has 0 saturated carbocycles. The van der Waals surface area contributed by atoms with Crippen molar-refractivity contribution in [1.29, 1.82) is 0 Å².